The van der Waals surface area contributed by atoms with Gasteiger partial charge >= 0.3 is 0 Å². The van der Waals surface area contributed by atoms with Gasteiger partial charge in [0.25, 0.3) is 5.56 Å². The number of aromatic nitrogens is 4. The van der Waals surface area contributed by atoms with Crippen molar-refractivity contribution in [2.24, 2.45) is 0 Å². The molecule has 3 rings (SSSR count). The Morgan fingerprint density at radius 3 is 2.70 bits per heavy atom. The zero-order valence-corrected chi connectivity index (χ0v) is 13.1. The smallest absolute Gasteiger partial charge is 0.254 e. The molecule has 116 valence electrons. The van der Waals surface area contributed by atoms with Crippen LogP contribution in [0.3, 0.4) is 0 Å². The number of nitrogens with one attached hydrogen (secondary N) is 1. The fourth-order valence-electron chi connectivity index (χ4n) is 1.97. The first-order valence-electron chi connectivity index (χ1n) is 6.84. The summed E-state index contributed by atoms with van der Waals surface area (Å²) in [4.78, 5) is 28.3. The zero-order valence-electron chi connectivity index (χ0n) is 12.3. The molecule has 1 amide bonds. The van der Waals surface area contributed by atoms with E-state index in [4.69, 9.17) is 0 Å². The first-order chi connectivity index (χ1) is 11.1. The van der Waals surface area contributed by atoms with Gasteiger partial charge in [-0.25, -0.2) is 4.98 Å². The second kappa shape index (κ2) is 6.49. The molecule has 2 heterocycles. The summed E-state index contributed by atoms with van der Waals surface area (Å²) in [6.45, 7) is 1.67. The molecule has 0 saturated carbocycles. The number of nitrogens with zero attached hydrogens (tertiary/aromatic N) is 4. The molecule has 0 bridgehead atoms. The van der Waals surface area contributed by atoms with Crippen molar-refractivity contribution >= 4 is 22.4 Å². The second-order valence-electron chi connectivity index (χ2n) is 4.78. The van der Waals surface area contributed by atoms with Crippen molar-refractivity contribution in [3.63, 3.8) is 0 Å². The largest absolute Gasteiger partial charge is 0.299 e. The van der Waals surface area contributed by atoms with E-state index in [1.165, 1.54) is 28.3 Å². The minimum atomic E-state index is -0.350. The number of amides is 1. The van der Waals surface area contributed by atoms with Crippen LogP contribution < -0.4 is 10.9 Å². The van der Waals surface area contributed by atoms with Crippen LogP contribution in [0.25, 0.3) is 11.3 Å². The lowest BCUT2D eigenvalue weighted by atomic mass is 10.1. The van der Waals surface area contributed by atoms with Crippen molar-refractivity contribution < 1.29 is 4.79 Å². The second-order valence-corrected chi connectivity index (χ2v) is 5.96. The summed E-state index contributed by atoms with van der Waals surface area (Å²) in [5.74, 6) is -0.350. The summed E-state index contributed by atoms with van der Waals surface area (Å²) in [5, 5.41) is 11.4. The number of anilines is 1. The third-order valence-electron chi connectivity index (χ3n) is 3.04. The van der Waals surface area contributed by atoms with Gasteiger partial charge in [0.05, 0.1) is 12.0 Å². The van der Waals surface area contributed by atoms with Crippen molar-refractivity contribution in [3.05, 3.63) is 58.1 Å². The van der Waals surface area contributed by atoms with Gasteiger partial charge in [-0.15, -0.1) is 10.2 Å². The monoisotopic (exact) mass is 327 g/mol. The highest BCUT2D eigenvalue weighted by Crippen LogP contribution is 2.14. The summed E-state index contributed by atoms with van der Waals surface area (Å²) >= 11 is 1.27. The Morgan fingerprint density at radius 1 is 1.26 bits per heavy atom. The molecule has 8 heteroatoms. The van der Waals surface area contributed by atoms with E-state index >= 15 is 0 Å². The number of carbonyl (C=O) groups is 1. The third-order valence-corrected chi connectivity index (χ3v) is 3.79. The van der Waals surface area contributed by atoms with Crippen molar-refractivity contribution in [1.29, 1.82) is 0 Å². The van der Waals surface area contributed by atoms with Crippen LogP contribution in [0.4, 0.5) is 5.13 Å². The predicted molar refractivity (Wildman–Crippen MR) is 87.2 cm³/mol. The van der Waals surface area contributed by atoms with E-state index in [1.54, 1.807) is 6.92 Å². The van der Waals surface area contributed by atoms with Crippen molar-refractivity contribution in [3.8, 4) is 11.3 Å². The average molecular weight is 327 g/mol. The molecule has 0 fully saturated rings. The lowest BCUT2D eigenvalue weighted by Gasteiger charge is -2.06. The number of carbonyl (C=O) groups excluding carboxylic acids is 1. The summed E-state index contributed by atoms with van der Waals surface area (Å²) in [6.07, 6.45) is 1.37. The fourth-order valence-corrected chi connectivity index (χ4v) is 2.58. The molecule has 0 aliphatic rings. The molecule has 7 nitrogen and oxygen atoms in total. The molecular weight excluding hydrogens is 314 g/mol. The van der Waals surface area contributed by atoms with Crippen LogP contribution in [0.5, 0.6) is 0 Å². The maximum absolute atomic E-state index is 12.1. The van der Waals surface area contributed by atoms with E-state index < -0.39 is 0 Å². The van der Waals surface area contributed by atoms with Crippen LogP contribution in [-0.2, 0) is 11.3 Å². The minimum absolute atomic E-state index is 0.125. The summed E-state index contributed by atoms with van der Waals surface area (Å²) in [6, 6.07) is 10.8. The Kier molecular flexibility index (Phi) is 4.24. The van der Waals surface area contributed by atoms with Crippen LogP contribution in [0.15, 0.2) is 47.5 Å². The molecule has 1 N–H and O–H groups in total. The number of hydrogen-bond donors (Lipinski definition) is 1. The van der Waals surface area contributed by atoms with Crippen LogP contribution in [-0.4, -0.2) is 25.7 Å². The molecule has 0 spiro atoms. The Morgan fingerprint density at radius 2 is 2.04 bits per heavy atom. The van der Waals surface area contributed by atoms with Crippen molar-refractivity contribution in [1.82, 2.24) is 19.7 Å². The van der Waals surface area contributed by atoms with Gasteiger partial charge in [-0.1, -0.05) is 41.7 Å². The molecule has 0 unspecified atom stereocenters. The zero-order chi connectivity index (χ0) is 16.2. The predicted octanol–water partition coefficient (Wildman–Crippen LogP) is 1.71. The van der Waals surface area contributed by atoms with Gasteiger partial charge in [0.1, 0.15) is 11.6 Å². The Balaban J connectivity index is 1.74. The molecule has 0 saturated heterocycles. The lowest BCUT2D eigenvalue weighted by molar-refractivity contribution is -0.116. The van der Waals surface area contributed by atoms with Crippen LogP contribution in [0.2, 0.25) is 0 Å². The highest BCUT2D eigenvalue weighted by Gasteiger charge is 2.09. The van der Waals surface area contributed by atoms with Gasteiger partial charge in [0, 0.05) is 11.6 Å². The molecule has 23 heavy (non-hydrogen) atoms. The van der Waals surface area contributed by atoms with Gasteiger partial charge < -0.3 is 0 Å². The van der Waals surface area contributed by atoms with Crippen LogP contribution >= 0.6 is 11.3 Å². The van der Waals surface area contributed by atoms with E-state index in [0.29, 0.717) is 10.8 Å². The van der Waals surface area contributed by atoms with Gasteiger partial charge in [0.15, 0.2) is 0 Å². The normalized spacial score (nSPS) is 10.5. The molecule has 0 radical (unpaired) electrons. The maximum atomic E-state index is 12.1. The van der Waals surface area contributed by atoms with Crippen molar-refractivity contribution in [2.75, 3.05) is 5.32 Å². The molecular formula is C15H13N5O2S. The number of benzene rings is 1. The van der Waals surface area contributed by atoms with E-state index in [2.05, 4.69) is 20.5 Å². The number of rotatable bonds is 4. The molecule has 3 aromatic rings. The van der Waals surface area contributed by atoms with E-state index in [-0.39, 0.29) is 18.0 Å². The number of aryl methyl sites for hydroxylation is 1. The highest BCUT2D eigenvalue weighted by molar-refractivity contribution is 7.15. The van der Waals surface area contributed by atoms with E-state index in [0.717, 1.165) is 10.6 Å². The highest BCUT2D eigenvalue weighted by atomic mass is 32.1. The lowest BCUT2D eigenvalue weighted by Crippen LogP contribution is -2.27. The first-order valence-corrected chi connectivity index (χ1v) is 7.65. The molecule has 0 aliphatic carbocycles. The maximum Gasteiger partial charge on any atom is 0.254 e. The van der Waals surface area contributed by atoms with Gasteiger partial charge in [-0.3, -0.25) is 19.5 Å². The Labute approximate surface area is 135 Å². The molecule has 1 aromatic carbocycles. The Bertz CT molecular complexity index is 888. The molecule has 0 atom stereocenters. The van der Waals surface area contributed by atoms with Gasteiger partial charge in [-0.2, -0.15) is 0 Å². The van der Waals surface area contributed by atoms with Gasteiger partial charge in [0.2, 0.25) is 11.0 Å². The minimum Gasteiger partial charge on any atom is -0.299 e. The van der Waals surface area contributed by atoms with Gasteiger partial charge in [-0.05, 0) is 6.92 Å². The van der Waals surface area contributed by atoms with Crippen LogP contribution in [0, 0.1) is 6.92 Å². The standard InChI is InChI=1S/C15H13N5O2S/c1-10-18-19-15(23-10)17-13(21)8-20-9-16-12(7-14(20)22)11-5-3-2-4-6-11/h2-7,9H,8H2,1H3,(H,17,19,21). The first kappa shape index (κ1) is 15.0. The average Bonchev–Trinajstić information content (AvgIpc) is 2.95. The summed E-state index contributed by atoms with van der Waals surface area (Å²) < 4.78 is 1.25. The van der Waals surface area contributed by atoms with E-state index in [9.17, 15) is 9.59 Å². The Hall–Kier alpha value is -2.87. The molecule has 0 aliphatic heterocycles. The van der Waals surface area contributed by atoms with Crippen molar-refractivity contribution in [2.45, 2.75) is 13.5 Å². The third kappa shape index (κ3) is 3.67. The summed E-state index contributed by atoms with van der Waals surface area (Å²) in [5.41, 5.74) is 1.14. The number of hydrogen-bond acceptors (Lipinski definition) is 6. The van der Waals surface area contributed by atoms with E-state index in [1.807, 2.05) is 30.3 Å². The fraction of sp³-hybridized carbons (Fsp3) is 0.133. The topological polar surface area (TPSA) is 89.8 Å². The quantitative estimate of drug-likeness (QED) is 0.788. The summed E-state index contributed by atoms with van der Waals surface area (Å²) in [7, 11) is 0. The van der Waals surface area contributed by atoms with Crippen LogP contribution in [0.1, 0.15) is 5.01 Å². The SMILES string of the molecule is Cc1nnc(NC(=O)Cn2cnc(-c3ccccc3)cc2=O)s1. The molecule has 2 aromatic heterocycles.